The molecule has 4 nitrogen and oxygen atoms in total. The molecule has 17 heavy (non-hydrogen) atoms. The third-order valence-corrected chi connectivity index (χ3v) is 3.81. The summed E-state index contributed by atoms with van der Waals surface area (Å²) in [5.74, 6) is 2.49. The molecule has 4 heteroatoms. The molecule has 1 aromatic rings. The molecule has 1 aromatic heterocycles. The standard InChI is InChI=1S/C13H19N3O/c1-9-7-14-13(15-9)11-4-5-16(8-11)12(17)6-10-2-3-10/h7,10-11H,2-6,8H2,1H3,(H,14,15)/t11-/m0/s1. The Morgan fingerprint density at radius 3 is 3.00 bits per heavy atom. The Bertz CT molecular complexity index is 422. The summed E-state index contributed by atoms with van der Waals surface area (Å²) < 4.78 is 0. The number of carbonyl (C=O) groups is 1. The van der Waals surface area contributed by atoms with Gasteiger partial charge in [0.2, 0.25) is 5.91 Å². The second kappa shape index (κ2) is 4.17. The molecule has 1 saturated heterocycles. The number of H-pyrrole nitrogens is 1. The van der Waals surface area contributed by atoms with Crippen LogP contribution in [0.2, 0.25) is 0 Å². The van der Waals surface area contributed by atoms with Crippen molar-refractivity contribution in [2.24, 2.45) is 5.92 Å². The number of aromatic amines is 1. The minimum Gasteiger partial charge on any atom is -0.346 e. The maximum absolute atomic E-state index is 12.0. The van der Waals surface area contributed by atoms with Crippen LogP contribution in [0, 0.1) is 12.8 Å². The summed E-state index contributed by atoms with van der Waals surface area (Å²) in [4.78, 5) is 21.6. The van der Waals surface area contributed by atoms with Gasteiger partial charge in [0.05, 0.1) is 0 Å². The number of hydrogen-bond acceptors (Lipinski definition) is 2. The van der Waals surface area contributed by atoms with Crippen molar-refractivity contribution < 1.29 is 4.79 Å². The van der Waals surface area contributed by atoms with E-state index in [1.807, 2.05) is 18.0 Å². The zero-order chi connectivity index (χ0) is 11.8. The molecule has 1 N–H and O–H groups in total. The summed E-state index contributed by atoms with van der Waals surface area (Å²) in [7, 11) is 0. The first-order valence-corrected chi connectivity index (χ1v) is 6.51. The van der Waals surface area contributed by atoms with E-state index in [0.717, 1.165) is 37.4 Å². The molecule has 1 aliphatic heterocycles. The normalized spacial score (nSPS) is 24.3. The summed E-state index contributed by atoms with van der Waals surface area (Å²) in [6.45, 7) is 3.76. The molecule has 0 aromatic carbocycles. The van der Waals surface area contributed by atoms with Crippen molar-refractivity contribution >= 4 is 5.91 Å². The molecule has 3 rings (SSSR count). The molecule has 0 radical (unpaired) electrons. The lowest BCUT2D eigenvalue weighted by Crippen LogP contribution is -2.28. The van der Waals surface area contributed by atoms with Crippen LogP contribution in [-0.2, 0) is 4.79 Å². The zero-order valence-corrected chi connectivity index (χ0v) is 10.3. The number of rotatable bonds is 3. The predicted octanol–water partition coefficient (Wildman–Crippen LogP) is 1.83. The lowest BCUT2D eigenvalue weighted by molar-refractivity contribution is -0.130. The maximum atomic E-state index is 12.0. The van der Waals surface area contributed by atoms with Crippen molar-refractivity contribution in [3.8, 4) is 0 Å². The summed E-state index contributed by atoms with van der Waals surface area (Å²) in [5.41, 5.74) is 1.10. The molecule has 92 valence electrons. The predicted molar refractivity (Wildman–Crippen MR) is 64.6 cm³/mol. The third kappa shape index (κ3) is 2.35. The molecule has 1 atom stereocenters. The van der Waals surface area contributed by atoms with Gasteiger partial charge in [-0.3, -0.25) is 4.79 Å². The van der Waals surface area contributed by atoms with Crippen LogP contribution in [-0.4, -0.2) is 33.9 Å². The molecule has 1 aliphatic carbocycles. The van der Waals surface area contributed by atoms with E-state index in [1.54, 1.807) is 0 Å². The van der Waals surface area contributed by atoms with Crippen LogP contribution >= 0.6 is 0 Å². The van der Waals surface area contributed by atoms with Crippen LogP contribution in [0.3, 0.4) is 0 Å². The van der Waals surface area contributed by atoms with Crippen molar-refractivity contribution in [1.82, 2.24) is 14.9 Å². The van der Waals surface area contributed by atoms with Gasteiger partial charge in [0, 0.05) is 37.3 Å². The number of nitrogens with one attached hydrogen (secondary N) is 1. The van der Waals surface area contributed by atoms with E-state index in [2.05, 4.69) is 9.97 Å². The molecule has 0 spiro atoms. The topological polar surface area (TPSA) is 49.0 Å². The average molecular weight is 233 g/mol. The molecule has 2 fully saturated rings. The van der Waals surface area contributed by atoms with Crippen molar-refractivity contribution in [2.75, 3.05) is 13.1 Å². The second-order valence-electron chi connectivity index (χ2n) is 5.42. The van der Waals surface area contributed by atoms with Crippen LogP contribution in [0.1, 0.15) is 43.1 Å². The van der Waals surface area contributed by atoms with E-state index in [4.69, 9.17) is 0 Å². The summed E-state index contributed by atoms with van der Waals surface area (Å²) in [6.07, 6.45) is 6.18. The minimum absolute atomic E-state index is 0.346. The van der Waals surface area contributed by atoms with E-state index >= 15 is 0 Å². The van der Waals surface area contributed by atoms with Gasteiger partial charge in [-0.05, 0) is 32.1 Å². The number of amides is 1. The van der Waals surface area contributed by atoms with Crippen LogP contribution in [0.15, 0.2) is 6.20 Å². The SMILES string of the molecule is Cc1cnc([C@H]2CCN(C(=O)CC3CC3)C2)[nH]1. The van der Waals surface area contributed by atoms with Crippen molar-refractivity contribution in [2.45, 2.75) is 38.5 Å². The van der Waals surface area contributed by atoms with Gasteiger partial charge in [0.1, 0.15) is 5.82 Å². The van der Waals surface area contributed by atoms with Crippen LogP contribution in [0.25, 0.3) is 0 Å². The monoisotopic (exact) mass is 233 g/mol. The fourth-order valence-corrected chi connectivity index (χ4v) is 2.55. The number of carbonyl (C=O) groups excluding carboxylic acids is 1. The number of hydrogen-bond donors (Lipinski definition) is 1. The van der Waals surface area contributed by atoms with E-state index in [0.29, 0.717) is 17.7 Å². The molecule has 0 unspecified atom stereocenters. The minimum atomic E-state index is 0.346. The number of aryl methyl sites for hydroxylation is 1. The van der Waals surface area contributed by atoms with Crippen molar-refractivity contribution in [1.29, 1.82) is 0 Å². The molecule has 2 aliphatic rings. The Morgan fingerprint density at radius 2 is 2.35 bits per heavy atom. The largest absolute Gasteiger partial charge is 0.346 e. The van der Waals surface area contributed by atoms with Gasteiger partial charge < -0.3 is 9.88 Å². The summed E-state index contributed by atoms with van der Waals surface area (Å²) in [5, 5.41) is 0. The molecule has 1 saturated carbocycles. The quantitative estimate of drug-likeness (QED) is 0.866. The van der Waals surface area contributed by atoms with Crippen LogP contribution < -0.4 is 0 Å². The third-order valence-electron chi connectivity index (χ3n) is 3.81. The fourth-order valence-electron chi connectivity index (χ4n) is 2.55. The van der Waals surface area contributed by atoms with E-state index in [9.17, 15) is 4.79 Å². The smallest absolute Gasteiger partial charge is 0.222 e. The zero-order valence-electron chi connectivity index (χ0n) is 10.3. The Hall–Kier alpha value is -1.32. The lowest BCUT2D eigenvalue weighted by atomic mass is 10.1. The average Bonchev–Trinajstić information content (AvgIpc) is 2.81. The summed E-state index contributed by atoms with van der Waals surface area (Å²) in [6, 6.07) is 0. The highest BCUT2D eigenvalue weighted by Gasteiger charge is 2.32. The molecule has 0 bridgehead atoms. The highest BCUT2D eigenvalue weighted by molar-refractivity contribution is 5.77. The van der Waals surface area contributed by atoms with Gasteiger partial charge in [-0.2, -0.15) is 0 Å². The van der Waals surface area contributed by atoms with Crippen LogP contribution in [0.5, 0.6) is 0 Å². The number of nitrogens with zero attached hydrogens (tertiary/aromatic N) is 2. The first kappa shape index (κ1) is 10.8. The maximum Gasteiger partial charge on any atom is 0.222 e. The number of likely N-dealkylation sites (tertiary alicyclic amines) is 1. The summed E-state index contributed by atoms with van der Waals surface area (Å²) >= 11 is 0. The Kier molecular flexibility index (Phi) is 2.65. The highest BCUT2D eigenvalue weighted by Crippen LogP contribution is 2.34. The number of aromatic nitrogens is 2. The van der Waals surface area contributed by atoms with Crippen molar-refractivity contribution in [3.63, 3.8) is 0 Å². The van der Waals surface area contributed by atoms with E-state index in [-0.39, 0.29) is 0 Å². The van der Waals surface area contributed by atoms with E-state index in [1.165, 1.54) is 12.8 Å². The van der Waals surface area contributed by atoms with E-state index < -0.39 is 0 Å². The van der Waals surface area contributed by atoms with Gasteiger partial charge in [0.15, 0.2) is 0 Å². The molecular weight excluding hydrogens is 214 g/mol. The fraction of sp³-hybridized carbons (Fsp3) is 0.692. The first-order chi connectivity index (χ1) is 8.22. The van der Waals surface area contributed by atoms with Crippen molar-refractivity contribution in [3.05, 3.63) is 17.7 Å². The first-order valence-electron chi connectivity index (χ1n) is 6.51. The van der Waals surface area contributed by atoms with Gasteiger partial charge in [-0.25, -0.2) is 4.98 Å². The Labute approximate surface area is 101 Å². The molecule has 2 heterocycles. The lowest BCUT2D eigenvalue weighted by Gasteiger charge is -2.15. The molecular formula is C13H19N3O. The van der Waals surface area contributed by atoms with Gasteiger partial charge in [-0.1, -0.05) is 0 Å². The molecule has 1 amide bonds. The van der Waals surface area contributed by atoms with Crippen LogP contribution in [0.4, 0.5) is 0 Å². The van der Waals surface area contributed by atoms with Gasteiger partial charge in [0.25, 0.3) is 0 Å². The van der Waals surface area contributed by atoms with Gasteiger partial charge >= 0.3 is 0 Å². The Morgan fingerprint density at radius 1 is 1.53 bits per heavy atom. The van der Waals surface area contributed by atoms with Gasteiger partial charge in [-0.15, -0.1) is 0 Å². The highest BCUT2D eigenvalue weighted by atomic mass is 16.2. The number of imidazole rings is 1. The second-order valence-corrected chi connectivity index (χ2v) is 5.42. The Balaban J connectivity index is 1.59.